The Bertz CT molecular complexity index is 156. The molecule has 1 saturated heterocycles. The van der Waals surface area contributed by atoms with Crippen LogP contribution in [0, 0.1) is 6.23 Å². The highest BCUT2D eigenvalue weighted by molar-refractivity contribution is 5.62. The van der Waals surface area contributed by atoms with Gasteiger partial charge in [0.1, 0.15) is 0 Å². The second kappa shape index (κ2) is 2.01. The fraction of sp³-hybridized carbons (Fsp3) is 0.333. The van der Waals surface area contributed by atoms with Crippen LogP contribution < -0.4 is 5.48 Å². The van der Waals surface area contributed by atoms with Gasteiger partial charge < -0.3 is 9.57 Å². The first kappa shape index (κ1) is 7.13. The van der Waals surface area contributed by atoms with E-state index in [0.29, 0.717) is 0 Å². The van der Waals surface area contributed by atoms with Crippen molar-refractivity contribution >= 4 is 6.16 Å². The fourth-order valence-electron chi connectivity index (χ4n) is 0.329. The molecule has 0 aliphatic carbocycles. The number of halogens is 3. The molecule has 4 nitrogen and oxygen atoms in total. The summed E-state index contributed by atoms with van der Waals surface area (Å²) < 4.78 is 38.0. The number of carbonyl (C=O) groups excluding carboxylic acids is 1. The van der Waals surface area contributed by atoms with E-state index in [2.05, 4.69) is 9.57 Å². The maximum absolute atomic E-state index is 11.5. The van der Waals surface area contributed by atoms with E-state index in [-0.39, 0.29) is 0 Å². The molecule has 1 heterocycles. The Labute approximate surface area is 52.9 Å². The van der Waals surface area contributed by atoms with E-state index >= 15 is 0 Å². The average molecular weight is 156 g/mol. The van der Waals surface area contributed by atoms with Crippen LogP contribution in [0.25, 0.3) is 0 Å². The van der Waals surface area contributed by atoms with Gasteiger partial charge in [0.05, 0.1) is 6.23 Å². The largest absolute Gasteiger partial charge is 0.575 e. The Morgan fingerprint density at radius 3 is 2.30 bits per heavy atom. The van der Waals surface area contributed by atoms with Crippen molar-refractivity contribution in [3.8, 4) is 0 Å². The van der Waals surface area contributed by atoms with Crippen LogP contribution in [0.15, 0.2) is 0 Å². The van der Waals surface area contributed by atoms with E-state index < -0.39 is 18.6 Å². The van der Waals surface area contributed by atoms with Crippen molar-refractivity contribution < 1.29 is 27.5 Å². The summed E-state index contributed by atoms with van der Waals surface area (Å²) in [6, 6.07) is 0. The molecule has 0 bridgehead atoms. The molecule has 0 saturated carbocycles. The van der Waals surface area contributed by atoms with Gasteiger partial charge in [-0.05, 0) is 0 Å². The first-order valence-corrected chi connectivity index (χ1v) is 2.09. The van der Waals surface area contributed by atoms with Gasteiger partial charge in [-0.3, -0.25) is 0 Å². The van der Waals surface area contributed by atoms with Crippen LogP contribution in [0.1, 0.15) is 0 Å². The highest BCUT2D eigenvalue weighted by Gasteiger charge is 2.34. The van der Waals surface area contributed by atoms with E-state index in [4.69, 9.17) is 0 Å². The van der Waals surface area contributed by atoms with Gasteiger partial charge in [0, 0.05) is 0 Å². The zero-order valence-electron chi connectivity index (χ0n) is 4.36. The van der Waals surface area contributed by atoms with E-state index in [0.717, 1.165) is 0 Å². The van der Waals surface area contributed by atoms with Crippen LogP contribution in [0.5, 0.6) is 0 Å². The molecule has 1 fully saturated rings. The zero-order valence-corrected chi connectivity index (χ0v) is 4.36. The minimum Gasteiger partial charge on any atom is -0.575 e. The third-order valence-electron chi connectivity index (χ3n) is 0.670. The van der Waals surface area contributed by atoms with Gasteiger partial charge in [0.2, 0.25) is 0 Å². The normalized spacial score (nSPS) is 20.5. The molecular weight excluding hydrogens is 155 g/mol. The SMILES string of the molecule is O=C1ON[C-](C(F)(F)F)O1. The lowest BCUT2D eigenvalue weighted by Crippen LogP contribution is -2.29. The number of nitrogens with one attached hydrogen (secondary N) is 1. The molecule has 0 atom stereocenters. The Balaban J connectivity index is 2.53. The summed E-state index contributed by atoms with van der Waals surface area (Å²) in [5.41, 5.74) is 1.27. The number of rotatable bonds is 0. The van der Waals surface area contributed by atoms with Gasteiger partial charge in [-0.1, -0.05) is 0 Å². The summed E-state index contributed by atoms with van der Waals surface area (Å²) in [6.07, 6.45) is -7.66. The van der Waals surface area contributed by atoms with Gasteiger partial charge in [-0.15, -0.1) is 0 Å². The van der Waals surface area contributed by atoms with Gasteiger partial charge in [0.15, 0.2) is 0 Å². The van der Waals surface area contributed by atoms with E-state index in [1.165, 1.54) is 5.48 Å². The van der Waals surface area contributed by atoms with Crippen molar-refractivity contribution in [2.75, 3.05) is 0 Å². The standard InChI is InChI=1S/C3HF3NO3/c4-3(5,6)1-7-10-2(8)9-1/h7H/q-1. The predicted octanol–water partition coefficient (Wildman–Crippen LogP) is 0.710. The third kappa shape index (κ3) is 1.29. The van der Waals surface area contributed by atoms with Crippen LogP contribution in [-0.4, -0.2) is 12.3 Å². The summed E-state index contributed by atoms with van der Waals surface area (Å²) in [5.74, 6) is 0. The highest BCUT2D eigenvalue weighted by atomic mass is 19.4. The van der Waals surface area contributed by atoms with E-state index in [9.17, 15) is 18.0 Å². The first-order valence-electron chi connectivity index (χ1n) is 2.09. The van der Waals surface area contributed by atoms with Crippen LogP contribution >= 0.6 is 0 Å². The lowest BCUT2D eigenvalue weighted by atomic mass is 10.6. The number of ether oxygens (including phenoxy) is 1. The van der Waals surface area contributed by atoms with Crippen molar-refractivity contribution in [3.05, 3.63) is 6.23 Å². The van der Waals surface area contributed by atoms with Crippen LogP contribution in [0.3, 0.4) is 0 Å². The lowest BCUT2D eigenvalue weighted by molar-refractivity contribution is -0.158. The topological polar surface area (TPSA) is 47.6 Å². The highest BCUT2D eigenvalue weighted by Crippen LogP contribution is 2.29. The molecule has 0 aromatic heterocycles. The summed E-state index contributed by atoms with van der Waals surface area (Å²) in [6.45, 7) is 0. The number of hydrogen-bond acceptors (Lipinski definition) is 4. The molecule has 0 aromatic rings. The quantitative estimate of drug-likeness (QED) is 0.414. The molecule has 1 N–H and O–H groups in total. The molecule has 0 radical (unpaired) electrons. The first-order chi connectivity index (χ1) is 4.50. The van der Waals surface area contributed by atoms with Crippen molar-refractivity contribution in [1.82, 2.24) is 5.48 Å². The minimum atomic E-state index is -4.70. The zero-order chi connectivity index (χ0) is 7.78. The molecular formula is C3HF3NO3-. The monoisotopic (exact) mass is 156 g/mol. The molecule has 7 heteroatoms. The van der Waals surface area contributed by atoms with Crippen molar-refractivity contribution in [2.24, 2.45) is 0 Å². The number of cyclic esters (lactones) is 1. The fourth-order valence-corrected chi connectivity index (χ4v) is 0.329. The smallest absolute Gasteiger partial charge is 0.494 e. The summed E-state index contributed by atoms with van der Waals surface area (Å²) in [5, 5.41) is 0. The summed E-state index contributed by atoms with van der Waals surface area (Å²) in [7, 11) is 0. The van der Waals surface area contributed by atoms with Crippen molar-refractivity contribution in [1.29, 1.82) is 0 Å². The molecule has 0 spiro atoms. The Morgan fingerprint density at radius 1 is 1.50 bits per heavy atom. The van der Waals surface area contributed by atoms with E-state index in [1.54, 1.807) is 0 Å². The van der Waals surface area contributed by atoms with Gasteiger partial charge in [-0.2, -0.15) is 0 Å². The number of carbonyl (C=O) groups is 1. The Morgan fingerprint density at radius 2 is 2.10 bits per heavy atom. The second-order valence-electron chi connectivity index (χ2n) is 1.38. The maximum Gasteiger partial charge on any atom is 0.494 e. The molecule has 10 heavy (non-hydrogen) atoms. The van der Waals surface area contributed by atoms with Gasteiger partial charge >= 0.3 is 12.3 Å². The molecule has 0 amide bonds. The van der Waals surface area contributed by atoms with Crippen molar-refractivity contribution in [3.63, 3.8) is 0 Å². The molecule has 0 unspecified atom stereocenters. The van der Waals surface area contributed by atoms with Gasteiger partial charge in [0.25, 0.3) is 0 Å². The molecule has 1 rings (SSSR count). The summed E-state index contributed by atoms with van der Waals surface area (Å²) in [4.78, 5) is 13.5. The average Bonchev–Trinajstić information content (AvgIpc) is 2.11. The molecule has 1 aliphatic heterocycles. The van der Waals surface area contributed by atoms with Crippen LogP contribution in [0.4, 0.5) is 18.0 Å². The number of alkyl halides is 3. The van der Waals surface area contributed by atoms with Crippen LogP contribution in [-0.2, 0) is 9.57 Å². The van der Waals surface area contributed by atoms with Crippen molar-refractivity contribution in [2.45, 2.75) is 6.18 Å². The Kier molecular flexibility index (Phi) is 1.43. The number of hydroxylamine groups is 1. The maximum atomic E-state index is 11.5. The third-order valence-corrected chi connectivity index (χ3v) is 0.670. The van der Waals surface area contributed by atoms with Crippen LogP contribution in [0.2, 0.25) is 0 Å². The Hall–Kier alpha value is -0.980. The number of hydrogen-bond donors (Lipinski definition) is 1. The second-order valence-corrected chi connectivity index (χ2v) is 1.38. The molecule has 1 aliphatic rings. The summed E-state index contributed by atoms with van der Waals surface area (Å²) >= 11 is 0. The molecule has 58 valence electrons. The van der Waals surface area contributed by atoms with E-state index in [1.807, 2.05) is 0 Å². The minimum absolute atomic E-state index is 1.27. The van der Waals surface area contributed by atoms with Gasteiger partial charge in [-0.25, -0.2) is 23.4 Å². The lowest BCUT2D eigenvalue weighted by Gasteiger charge is -2.23. The molecule has 0 aromatic carbocycles. The predicted molar refractivity (Wildman–Crippen MR) is 20.0 cm³/mol.